The first kappa shape index (κ1) is 46.1. The molecule has 3 nitrogen and oxygen atoms in total. The molecular weight excluding hydrogens is 858 g/mol. The summed E-state index contributed by atoms with van der Waals surface area (Å²) in [6.45, 7) is 36.8. The number of hydrogen-bond donors (Lipinski definition) is 0. The van der Waals surface area contributed by atoms with Crippen LogP contribution >= 0.6 is 0 Å². The third kappa shape index (κ3) is 6.74. The molecule has 0 N–H and O–H groups in total. The van der Waals surface area contributed by atoms with E-state index in [1.807, 2.05) is 0 Å². The molecule has 0 saturated carbocycles. The van der Waals surface area contributed by atoms with Crippen molar-refractivity contribution in [3.05, 3.63) is 177 Å². The SMILES string of the molecule is Cc1cc2c3c(c1)N(c1ccc4c(c1C)C(C)(C)CC4(C)C)c1cc(N(c4ccccc4)c4ccccc4)ccc1B3c1cc3c(cc1N2c1cc2c(cc1C)C(C)(C)CC2(C)C)C(C)(C)CCC3(C)C. The number of hydrogen-bond acceptors (Lipinski definition) is 3. The van der Waals surface area contributed by atoms with Crippen LogP contribution in [0.25, 0.3) is 0 Å². The van der Waals surface area contributed by atoms with Crippen molar-refractivity contribution in [2.75, 3.05) is 14.7 Å². The summed E-state index contributed by atoms with van der Waals surface area (Å²) in [4.78, 5) is 7.87. The fraction of sp³-hybridized carbons (Fsp3) is 0.373. The van der Waals surface area contributed by atoms with Crippen molar-refractivity contribution in [2.45, 2.75) is 162 Å². The van der Waals surface area contributed by atoms with Crippen molar-refractivity contribution < 1.29 is 0 Å². The highest BCUT2D eigenvalue weighted by Crippen LogP contribution is 2.57. The molecule has 0 aromatic heterocycles. The van der Waals surface area contributed by atoms with Crippen molar-refractivity contribution in [3.63, 3.8) is 0 Å². The van der Waals surface area contributed by atoms with Gasteiger partial charge in [-0.15, -0.1) is 0 Å². The van der Waals surface area contributed by atoms with Gasteiger partial charge < -0.3 is 14.7 Å². The molecule has 12 rings (SSSR count). The van der Waals surface area contributed by atoms with Gasteiger partial charge in [0, 0.05) is 51.2 Å². The van der Waals surface area contributed by atoms with E-state index < -0.39 is 0 Å². The summed E-state index contributed by atoms with van der Waals surface area (Å²) < 4.78 is 0. The standard InChI is InChI=1S/C67H74BN3/c1-41-32-58-61-59(33-41)71(55-37-51-48(34-42(55)2)65(10,11)39-66(51,12)13)57-38-50-49(62(4,5)30-31-63(50,6)7)36-53(57)68(61)52-28-26-46(69(44-22-18-16-19-23-44)45-24-20-17-21-25-45)35-56(52)70(58)54-29-27-47-60(43(54)3)67(14,15)40-64(47,8)9/h16-29,32-38H,30-31,39-40H2,1-15H3. The number of para-hydroxylation sites is 2. The maximum absolute atomic E-state index is 2.73. The second-order valence-corrected chi connectivity index (χ2v) is 26.5. The fourth-order valence-electron chi connectivity index (χ4n) is 15.5. The molecule has 4 heteroatoms. The van der Waals surface area contributed by atoms with Crippen LogP contribution in [0.15, 0.2) is 127 Å². The van der Waals surface area contributed by atoms with Crippen molar-refractivity contribution >= 4 is 74.3 Å². The number of rotatable bonds is 5. The number of benzene rings is 7. The van der Waals surface area contributed by atoms with Crippen LogP contribution in [-0.4, -0.2) is 6.71 Å². The van der Waals surface area contributed by atoms with Crippen LogP contribution in [0.4, 0.5) is 51.2 Å². The Labute approximate surface area is 426 Å². The summed E-state index contributed by atoms with van der Waals surface area (Å²) in [5.41, 5.74) is 28.8. The highest BCUT2D eigenvalue weighted by molar-refractivity contribution is 7.00. The fourth-order valence-corrected chi connectivity index (χ4v) is 15.5. The Morgan fingerprint density at radius 2 is 0.887 bits per heavy atom. The van der Waals surface area contributed by atoms with E-state index in [4.69, 9.17) is 0 Å². The summed E-state index contributed by atoms with van der Waals surface area (Å²) in [7, 11) is 0. The predicted molar refractivity (Wildman–Crippen MR) is 306 cm³/mol. The van der Waals surface area contributed by atoms with E-state index >= 15 is 0 Å². The molecule has 5 aliphatic rings. The Kier molecular flexibility index (Phi) is 9.76. The van der Waals surface area contributed by atoms with Crippen LogP contribution in [0.1, 0.15) is 159 Å². The smallest absolute Gasteiger partial charge is 0.252 e. The van der Waals surface area contributed by atoms with Gasteiger partial charge in [0.25, 0.3) is 6.71 Å². The molecule has 0 amide bonds. The zero-order chi connectivity index (χ0) is 50.1. The molecule has 0 saturated heterocycles. The average molecular weight is 932 g/mol. The first-order valence-corrected chi connectivity index (χ1v) is 26.7. The van der Waals surface area contributed by atoms with Crippen LogP contribution in [0.3, 0.4) is 0 Å². The highest BCUT2D eigenvalue weighted by Gasteiger charge is 2.50. The van der Waals surface area contributed by atoms with Crippen LogP contribution < -0.4 is 31.1 Å². The van der Waals surface area contributed by atoms with Crippen molar-refractivity contribution in [2.24, 2.45) is 0 Å². The Morgan fingerprint density at radius 3 is 1.49 bits per heavy atom. The van der Waals surface area contributed by atoms with Crippen molar-refractivity contribution in [3.8, 4) is 0 Å². The van der Waals surface area contributed by atoms with E-state index in [0.717, 1.165) is 29.9 Å². The third-order valence-corrected chi connectivity index (χ3v) is 18.3. The molecule has 0 unspecified atom stereocenters. The van der Waals surface area contributed by atoms with Gasteiger partial charge in [-0.2, -0.15) is 0 Å². The lowest BCUT2D eigenvalue weighted by atomic mass is 9.33. The van der Waals surface area contributed by atoms with Crippen LogP contribution in [0.5, 0.6) is 0 Å². The Balaban J connectivity index is 1.20. The molecule has 3 aliphatic carbocycles. The largest absolute Gasteiger partial charge is 0.311 e. The molecule has 2 heterocycles. The normalized spacial score (nSPS) is 19.6. The van der Waals surface area contributed by atoms with E-state index in [-0.39, 0.29) is 39.2 Å². The molecule has 0 spiro atoms. The lowest BCUT2D eigenvalue weighted by Crippen LogP contribution is -2.62. The van der Waals surface area contributed by atoms with Gasteiger partial charge in [-0.3, -0.25) is 0 Å². The minimum absolute atomic E-state index is 0.00963. The number of aryl methyl sites for hydroxylation is 2. The van der Waals surface area contributed by atoms with Gasteiger partial charge in [-0.05, 0) is 212 Å². The lowest BCUT2D eigenvalue weighted by molar-refractivity contribution is 0.332. The van der Waals surface area contributed by atoms with Gasteiger partial charge in [0.15, 0.2) is 0 Å². The number of fused-ring (bicyclic) bond motifs is 7. The van der Waals surface area contributed by atoms with Gasteiger partial charge >= 0.3 is 0 Å². The molecule has 7 aromatic carbocycles. The Bertz CT molecular complexity index is 3330. The van der Waals surface area contributed by atoms with Crippen molar-refractivity contribution in [1.82, 2.24) is 0 Å². The summed E-state index contributed by atoms with van der Waals surface area (Å²) in [5.74, 6) is 0. The van der Waals surface area contributed by atoms with Gasteiger partial charge in [0.2, 0.25) is 0 Å². The molecular formula is C67H74BN3. The summed E-state index contributed by atoms with van der Waals surface area (Å²) in [6, 6.07) is 49.8. The van der Waals surface area contributed by atoms with Crippen LogP contribution in [0, 0.1) is 20.8 Å². The van der Waals surface area contributed by atoms with Crippen LogP contribution in [-0.2, 0) is 32.5 Å². The maximum atomic E-state index is 2.73. The number of nitrogens with zero attached hydrogens (tertiary/aromatic N) is 3. The van der Waals surface area contributed by atoms with E-state index in [2.05, 4.69) is 246 Å². The van der Waals surface area contributed by atoms with Gasteiger partial charge in [-0.1, -0.05) is 144 Å². The average Bonchev–Trinajstić information content (AvgIpc) is 3.62. The third-order valence-electron chi connectivity index (χ3n) is 18.3. The Morgan fingerprint density at radius 1 is 0.394 bits per heavy atom. The molecule has 0 radical (unpaired) electrons. The summed E-state index contributed by atoms with van der Waals surface area (Å²) >= 11 is 0. The van der Waals surface area contributed by atoms with Gasteiger partial charge in [0.1, 0.15) is 0 Å². The molecule has 2 aliphatic heterocycles. The molecule has 360 valence electrons. The number of anilines is 9. The summed E-state index contributed by atoms with van der Waals surface area (Å²) in [6.07, 6.45) is 4.61. The monoisotopic (exact) mass is 932 g/mol. The molecule has 0 fully saturated rings. The molecule has 71 heavy (non-hydrogen) atoms. The quantitative estimate of drug-likeness (QED) is 0.159. The maximum Gasteiger partial charge on any atom is 0.252 e. The van der Waals surface area contributed by atoms with E-state index in [1.165, 1.54) is 113 Å². The van der Waals surface area contributed by atoms with E-state index in [1.54, 1.807) is 0 Å². The Hall–Kier alpha value is -6.00. The second-order valence-electron chi connectivity index (χ2n) is 26.5. The van der Waals surface area contributed by atoms with Gasteiger partial charge in [-0.25, -0.2) is 0 Å². The topological polar surface area (TPSA) is 9.72 Å². The molecule has 0 atom stereocenters. The van der Waals surface area contributed by atoms with E-state index in [0.29, 0.717) is 0 Å². The highest BCUT2D eigenvalue weighted by atomic mass is 15.2. The first-order chi connectivity index (χ1) is 33.4. The first-order valence-electron chi connectivity index (χ1n) is 26.7. The minimum atomic E-state index is 0.00963. The minimum Gasteiger partial charge on any atom is -0.311 e. The predicted octanol–water partition coefficient (Wildman–Crippen LogP) is 16.4. The second kappa shape index (κ2) is 15.0. The lowest BCUT2D eigenvalue weighted by Gasteiger charge is -2.48. The zero-order valence-electron chi connectivity index (χ0n) is 45.4. The zero-order valence-corrected chi connectivity index (χ0v) is 45.4. The van der Waals surface area contributed by atoms with E-state index in [9.17, 15) is 0 Å². The summed E-state index contributed by atoms with van der Waals surface area (Å²) in [5, 5.41) is 0. The van der Waals surface area contributed by atoms with Gasteiger partial charge in [0.05, 0.1) is 0 Å². The molecule has 7 aromatic rings. The van der Waals surface area contributed by atoms with Crippen LogP contribution in [0.2, 0.25) is 0 Å². The molecule has 0 bridgehead atoms. The van der Waals surface area contributed by atoms with Crippen molar-refractivity contribution in [1.29, 1.82) is 0 Å².